The number of nitrogens with one attached hydrogen (secondary N) is 1. The van der Waals surface area contributed by atoms with Crippen LogP contribution in [0.25, 0.3) is 0 Å². The summed E-state index contributed by atoms with van der Waals surface area (Å²) in [4.78, 5) is 66.2. The number of aliphatic carboxylic acids is 3. The minimum absolute atomic E-state index is 0.0129. The van der Waals surface area contributed by atoms with Crippen LogP contribution in [0.2, 0.25) is 0 Å². The maximum atomic E-state index is 12.4. The van der Waals surface area contributed by atoms with E-state index in [-0.39, 0.29) is 31.0 Å². The molecule has 0 radical (unpaired) electrons. The molecule has 0 saturated heterocycles. The van der Waals surface area contributed by atoms with Crippen molar-refractivity contribution in [2.45, 2.75) is 81.6 Å². The van der Waals surface area contributed by atoms with Gasteiger partial charge in [-0.15, -0.1) is 0 Å². The summed E-state index contributed by atoms with van der Waals surface area (Å²) in [6.07, 6.45) is 6.84. The van der Waals surface area contributed by atoms with Gasteiger partial charge in [0.15, 0.2) is 5.96 Å². The van der Waals surface area contributed by atoms with Gasteiger partial charge in [0.1, 0.15) is 41.7 Å². The standard InChI is InChI=1S/C24H27N5O6.C6H14N4O2.C6H14N2O2/c25-19(22(30)31)9-14-1-5-17(6-2-14)34-23(32)20(26)10-15-3-7-18(8-4-15)35-24(33)21(27)11-16-12-28-13-29-16;7-4(5(11)12)2-1-3-10-6(8)9;7-4-2-1-3-5(8)6(9)10/h1-8,12-13,19-21H,9-11,25-27H2,(H,28,29)(H,30,31);4H,1-3,7H2,(H,11,12)(H4,8,9,10);5H,1-4,7-8H2,(H,9,10)/t19-,20-,21-;4-;5-/m000/s1. The number of carbonyl (C=O) groups is 5. The molecular formula is C36H55N11O10. The summed E-state index contributed by atoms with van der Waals surface area (Å²) >= 11 is 0. The maximum absolute atomic E-state index is 12.4. The van der Waals surface area contributed by atoms with E-state index in [2.05, 4.69) is 15.0 Å². The number of hydrogen-bond donors (Lipinski definition) is 12. The highest BCUT2D eigenvalue weighted by atomic mass is 16.5. The Hall–Kier alpha value is -5.97. The van der Waals surface area contributed by atoms with Gasteiger partial charge in [-0.2, -0.15) is 0 Å². The third kappa shape index (κ3) is 21.6. The molecule has 0 aliphatic carbocycles. The number of nitrogens with zero attached hydrogens (tertiary/aromatic N) is 2. The van der Waals surface area contributed by atoms with Crippen LogP contribution in [0.15, 0.2) is 66.0 Å². The van der Waals surface area contributed by atoms with E-state index in [0.717, 1.165) is 24.1 Å². The number of benzene rings is 2. The van der Waals surface area contributed by atoms with Gasteiger partial charge in [-0.05, 0) is 80.5 Å². The highest BCUT2D eigenvalue weighted by Crippen LogP contribution is 2.17. The number of carbonyl (C=O) groups excluding carboxylic acids is 2. The summed E-state index contributed by atoms with van der Waals surface area (Å²) in [5.41, 5.74) is 45.3. The van der Waals surface area contributed by atoms with Crippen molar-refractivity contribution in [1.29, 1.82) is 0 Å². The molecule has 1 aromatic heterocycles. The van der Waals surface area contributed by atoms with E-state index in [1.807, 2.05) is 0 Å². The molecular weight excluding hydrogens is 746 g/mol. The van der Waals surface area contributed by atoms with Crippen molar-refractivity contribution >= 4 is 35.8 Å². The number of aromatic nitrogens is 2. The fourth-order valence-electron chi connectivity index (χ4n) is 4.44. The molecule has 5 atom stereocenters. The van der Waals surface area contributed by atoms with Crippen molar-refractivity contribution in [2.24, 2.45) is 50.9 Å². The predicted octanol–water partition coefficient (Wildman–Crippen LogP) is -1.71. The molecule has 0 aliphatic rings. The average molecular weight is 802 g/mol. The first-order valence-electron chi connectivity index (χ1n) is 17.7. The molecule has 20 N–H and O–H groups in total. The van der Waals surface area contributed by atoms with Gasteiger partial charge < -0.3 is 75.6 Å². The minimum atomic E-state index is -1.09. The lowest BCUT2D eigenvalue weighted by atomic mass is 10.1. The highest BCUT2D eigenvalue weighted by molar-refractivity contribution is 5.79. The number of nitrogens with two attached hydrogens (primary N) is 8. The summed E-state index contributed by atoms with van der Waals surface area (Å²) in [6.45, 7) is 1.02. The summed E-state index contributed by atoms with van der Waals surface area (Å²) in [5, 5.41) is 25.6. The smallest absolute Gasteiger partial charge is 0.328 e. The number of ether oxygens (including phenoxy) is 2. The molecule has 0 bridgehead atoms. The Morgan fingerprint density at radius 3 is 1.47 bits per heavy atom. The lowest BCUT2D eigenvalue weighted by molar-refractivity contribution is -0.139. The van der Waals surface area contributed by atoms with Gasteiger partial charge in [0.25, 0.3) is 0 Å². The number of aromatic amines is 1. The first-order chi connectivity index (χ1) is 26.9. The fraction of sp³-hybridized carbons (Fsp3) is 0.417. The molecule has 0 amide bonds. The zero-order valence-electron chi connectivity index (χ0n) is 31.4. The lowest BCUT2D eigenvalue weighted by Crippen LogP contribution is -2.36. The Morgan fingerprint density at radius 1 is 0.632 bits per heavy atom. The second kappa shape index (κ2) is 26.8. The van der Waals surface area contributed by atoms with Crippen molar-refractivity contribution in [3.8, 4) is 11.5 Å². The lowest BCUT2D eigenvalue weighted by Gasteiger charge is -2.13. The Morgan fingerprint density at radius 2 is 1.07 bits per heavy atom. The minimum Gasteiger partial charge on any atom is -0.480 e. The molecule has 0 aliphatic heterocycles. The van der Waals surface area contributed by atoms with Crippen molar-refractivity contribution < 1.29 is 48.8 Å². The van der Waals surface area contributed by atoms with E-state index in [4.69, 9.17) is 70.7 Å². The number of aliphatic imine (C=N–C) groups is 1. The molecule has 21 heteroatoms. The molecule has 0 unspecified atom stereocenters. The number of H-pyrrole nitrogens is 1. The number of unbranched alkanes of at least 4 members (excludes halogenated alkanes) is 1. The number of hydrogen-bond acceptors (Lipinski definition) is 15. The number of carboxylic acids is 3. The van der Waals surface area contributed by atoms with Crippen LogP contribution in [0, 0.1) is 0 Å². The monoisotopic (exact) mass is 801 g/mol. The first kappa shape index (κ1) is 49.0. The normalized spacial score (nSPS) is 13.1. The molecule has 0 saturated carbocycles. The Kier molecular flexibility index (Phi) is 23.0. The van der Waals surface area contributed by atoms with Crippen LogP contribution in [0.4, 0.5) is 0 Å². The molecule has 0 fully saturated rings. The highest BCUT2D eigenvalue weighted by Gasteiger charge is 2.20. The molecule has 3 aromatic rings. The van der Waals surface area contributed by atoms with Gasteiger partial charge in [-0.25, -0.2) is 14.6 Å². The largest absolute Gasteiger partial charge is 0.480 e. The molecule has 0 spiro atoms. The van der Waals surface area contributed by atoms with Crippen molar-refractivity contribution in [2.75, 3.05) is 13.1 Å². The van der Waals surface area contributed by atoms with Gasteiger partial charge in [0.05, 0.1) is 6.33 Å². The second-order valence-corrected chi connectivity index (χ2v) is 12.6. The van der Waals surface area contributed by atoms with Crippen LogP contribution in [-0.4, -0.2) is 104 Å². The summed E-state index contributed by atoms with van der Waals surface area (Å²) in [7, 11) is 0. The third-order valence-electron chi connectivity index (χ3n) is 7.68. The van der Waals surface area contributed by atoms with Gasteiger partial charge >= 0.3 is 29.8 Å². The van der Waals surface area contributed by atoms with Crippen molar-refractivity contribution in [3.63, 3.8) is 0 Å². The molecule has 21 nitrogen and oxygen atoms in total. The topological polar surface area (TPSA) is 414 Å². The number of rotatable bonds is 21. The van der Waals surface area contributed by atoms with Gasteiger partial charge in [0.2, 0.25) is 0 Å². The zero-order valence-corrected chi connectivity index (χ0v) is 31.4. The fourth-order valence-corrected chi connectivity index (χ4v) is 4.44. The molecule has 314 valence electrons. The average Bonchev–Trinajstić information content (AvgIpc) is 3.68. The van der Waals surface area contributed by atoms with E-state index in [1.165, 1.54) is 6.33 Å². The SMILES string of the molecule is NC(N)=NCCC[C@H](N)C(=O)O.NCCCC[C@H](N)C(=O)O.N[C@@H](Cc1ccc(OC(=O)[C@@H](N)Cc2ccc(OC(=O)[C@@H](N)Cc3cnc[nH]3)cc2)cc1)C(=O)O. The van der Waals surface area contributed by atoms with E-state index < -0.39 is 60.1 Å². The van der Waals surface area contributed by atoms with Gasteiger partial charge in [-0.1, -0.05) is 30.7 Å². The van der Waals surface area contributed by atoms with Crippen LogP contribution in [0.1, 0.15) is 48.9 Å². The van der Waals surface area contributed by atoms with Crippen LogP contribution in [0.3, 0.4) is 0 Å². The van der Waals surface area contributed by atoms with E-state index in [0.29, 0.717) is 43.7 Å². The van der Waals surface area contributed by atoms with Crippen LogP contribution < -0.4 is 55.3 Å². The second-order valence-electron chi connectivity index (χ2n) is 12.6. The van der Waals surface area contributed by atoms with Crippen LogP contribution in [0.5, 0.6) is 11.5 Å². The number of imidazole rings is 1. The van der Waals surface area contributed by atoms with E-state index in [9.17, 15) is 24.0 Å². The number of esters is 2. The maximum Gasteiger partial charge on any atom is 0.328 e. The quantitative estimate of drug-likeness (QED) is 0.0188. The Balaban J connectivity index is 0.000000604. The molecule has 1 heterocycles. The van der Waals surface area contributed by atoms with Crippen LogP contribution in [-0.2, 0) is 43.2 Å². The van der Waals surface area contributed by atoms with E-state index in [1.54, 1.807) is 54.7 Å². The summed E-state index contributed by atoms with van der Waals surface area (Å²) < 4.78 is 10.6. The van der Waals surface area contributed by atoms with Gasteiger partial charge in [0, 0.05) is 24.9 Å². The molecule has 57 heavy (non-hydrogen) atoms. The first-order valence-corrected chi connectivity index (χ1v) is 17.7. The number of carboxylic acid groups (broad SMARTS) is 3. The van der Waals surface area contributed by atoms with E-state index >= 15 is 0 Å². The zero-order chi connectivity index (χ0) is 42.9. The summed E-state index contributed by atoms with van der Waals surface area (Å²) in [5.74, 6) is -3.62. The van der Waals surface area contributed by atoms with Gasteiger partial charge in [-0.3, -0.25) is 19.4 Å². The van der Waals surface area contributed by atoms with Crippen LogP contribution >= 0.6 is 0 Å². The van der Waals surface area contributed by atoms with Crippen molar-refractivity contribution in [1.82, 2.24) is 9.97 Å². The Bertz CT molecular complexity index is 1690. The Labute approximate surface area is 329 Å². The molecule has 2 aromatic carbocycles. The van der Waals surface area contributed by atoms with Crippen molar-refractivity contribution in [3.05, 3.63) is 77.9 Å². The predicted molar refractivity (Wildman–Crippen MR) is 209 cm³/mol. The number of guanidine groups is 1. The third-order valence-corrected chi connectivity index (χ3v) is 7.68. The summed E-state index contributed by atoms with van der Waals surface area (Å²) in [6, 6.07) is 8.62. The molecule has 3 rings (SSSR count).